The fourth-order valence-corrected chi connectivity index (χ4v) is 2.42. The average Bonchev–Trinajstić information content (AvgIpc) is 2.24. The van der Waals surface area contributed by atoms with Crippen molar-refractivity contribution < 1.29 is 12.8 Å². The summed E-state index contributed by atoms with van der Waals surface area (Å²) in [6.45, 7) is 3.35. The molecule has 0 bridgehead atoms. The van der Waals surface area contributed by atoms with E-state index in [-0.39, 0.29) is 11.6 Å². The summed E-state index contributed by atoms with van der Waals surface area (Å²) in [6, 6.07) is 4.79. The Morgan fingerprint density at radius 3 is 2.61 bits per heavy atom. The van der Waals surface area contributed by atoms with Crippen LogP contribution in [0.5, 0.6) is 0 Å². The van der Waals surface area contributed by atoms with E-state index in [0.717, 1.165) is 24.1 Å². The maximum atomic E-state index is 12.9. The van der Waals surface area contributed by atoms with E-state index in [0.29, 0.717) is 13.0 Å². The number of sulfone groups is 1. The first-order valence-electron chi connectivity index (χ1n) is 6.02. The van der Waals surface area contributed by atoms with E-state index >= 15 is 0 Å². The third-order valence-electron chi connectivity index (χ3n) is 2.74. The van der Waals surface area contributed by atoms with Crippen LogP contribution in [0, 0.1) is 12.7 Å². The van der Waals surface area contributed by atoms with Crippen molar-refractivity contribution in [2.75, 3.05) is 25.1 Å². The number of hydrogen-bond acceptors (Lipinski definition) is 3. The van der Waals surface area contributed by atoms with Crippen molar-refractivity contribution >= 4 is 9.84 Å². The highest BCUT2D eigenvalue weighted by molar-refractivity contribution is 7.90. The van der Waals surface area contributed by atoms with Crippen LogP contribution in [0.4, 0.5) is 4.39 Å². The van der Waals surface area contributed by atoms with Crippen LogP contribution in [0.15, 0.2) is 18.2 Å². The van der Waals surface area contributed by atoms with Gasteiger partial charge in [0.15, 0.2) is 0 Å². The third-order valence-corrected chi connectivity index (χ3v) is 3.77. The van der Waals surface area contributed by atoms with Gasteiger partial charge in [0, 0.05) is 6.26 Å². The summed E-state index contributed by atoms with van der Waals surface area (Å²) in [5.74, 6) is 0.00706. The first-order chi connectivity index (χ1) is 8.38. The number of aryl methyl sites for hydroxylation is 1. The van der Waals surface area contributed by atoms with Crippen molar-refractivity contribution in [3.63, 3.8) is 0 Å². The molecular formula is C13H20FNO2S. The van der Waals surface area contributed by atoms with Crippen LogP contribution in [0.3, 0.4) is 0 Å². The Morgan fingerprint density at radius 1 is 1.28 bits per heavy atom. The Labute approximate surface area is 108 Å². The van der Waals surface area contributed by atoms with Crippen molar-refractivity contribution in [1.29, 1.82) is 0 Å². The highest BCUT2D eigenvalue weighted by atomic mass is 32.2. The van der Waals surface area contributed by atoms with Crippen LogP contribution in [-0.2, 0) is 16.3 Å². The number of hydrogen-bond donors (Lipinski definition) is 1. The van der Waals surface area contributed by atoms with Crippen molar-refractivity contribution in [3.8, 4) is 0 Å². The molecule has 0 amide bonds. The van der Waals surface area contributed by atoms with Gasteiger partial charge in [-0.3, -0.25) is 0 Å². The zero-order valence-electron chi connectivity index (χ0n) is 10.9. The summed E-state index contributed by atoms with van der Waals surface area (Å²) in [5, 5.41) is 3.19. The van der Waals surface area contributed by atoms with E-state index in [1.807, 2.05) is 6.92 Å². The zero-order valence-corrected chi connectivity index (χ0v) is 11.7. The van der Waals surface area contributed by atoms with Gasteiger partial charge >= 0.3 is 0 Å². The van der Waals surface area contributed by atoms with Crippen LogP contribution < -0.4 is 5.32 Å². The van der Waals surface area contributed by atoms with Gasteiger partial charge in [0.25, 0.3) is 0 Å². The quantitative estimate of drug-likeness (QED) is 0.769. The van der Waals surface area contributed by atoms with Gasteiger partial charge in [-0.1, -0.05) is 6.07 Å². The maximum Gasteiger partial charge on any atom is 0.147 e. The topological polar surface area (TPSA) is 46.2 Å². The van der Waals surface area contributed by atoms with E-state index in [1.54, 1.807) is 6.07 Å². The molecular weight excluding hydrogens is 253 g/mol. The molecule has 1 rings (SSSR count). The van der Waals surface area contributed by atoms with Crippen LogP contribution >= 0.6 is 0 Å². The molecule has 0 atom stereocenters. The minimum atomic E-state index is -2.86. The van der Waals surface area contributed by atoms with Crippen LogP contribution in [-0.4, -0.2) is 33.5 Å². The molecule has 1 N–H and O–H groups in total. The summed E-state index contributed by atoms with van der Waals surface area (Å²) in [6.07, 6.45) is 2.70. The van der Waals surface area contributed by atoms with Crippen molar-refractivity contribution in [2.24, 2.45) is 0 Å². The Balaban J connectivity index is 2.22. The SMILES string of the molecule is Cc1cc(F)ccc1CCNCCCS(C)(=O)=O. The summed E-state index contributed by atoms with van der Waals surface area (Å²) in [4.78, 5) is 0. The predicted molar refractivity (Wildman–Crippen MR) is 72.0 cm³/mol. The Hall–Kier alpha value is -0.940. The fourth-order valence-electron chi connectivity index (χ4n) is 1.75. The number of nitrogens with one attached hydrogen (secondary N) is 1. The molecule has 0 aromatic heterocycles. The molecule has 0 aliphatic carbocycles. The van der Waals surface area contributed by atoms with Crippen LogP contribution in [0.1, 0.15) is 17.5 Å². The van der Waals surface area contributed by atoms with Gasteiger partial charge in [-0.05, 0) is 56.1 Å². The molecule has 1 aromatic carbocycles. The van der Waals surface area contributed by atoms with Gasteiger partial charge in [0.2, 0.25) is 0 Å². The normalized spacial score (nSPS) is 11.7. The van der Waals surface area contributed by atoms with Crippen LogP contribution in [0.2, 0.25) is 0 Å². The molecule has 0 saturated heterocycles. The van der Waals surface area contributed by atoms with Crippen molar-refractivity contribution in [3.05, 3.63) is 35.1 Å². The lowest BCUT2D eigenvalue weighted by atomic mass is 10.1. The fraction of sp³-hybridized carbons (Fsp3) is 0.538. The third kappa shape index (κ3) is 6.12. The molecule has 5 heteroatoms. The van der Waals surface area contributed by atoms with Gasteiger partial charge in [-0.25, -0.2) is 12.8 Å². The summed E-state index contributed by atoms with van der Waals surface area (Å²) < 4.78 is 34.7. The lowest BCUT2D eigenvalue weighted by molar-refractivity contribution is 0.594. The first-order valence-corrected chi connectivity index (χ1v) is 8.08. The minimum Gasteiger partial charge on any atom is -0.316 e. The standard InChI is InChI=1S/C13H20FNO2S/c1-11-10-13(14)5-4-12(11)6-8-15-7-3-9-18(2,16)17/h4-5,10,15H,3,6-9H2,1-2H3. The Bertz CT molecular complexity index is 486. The second kappa shape index (κ2) is 6.85. The molecule has 0 saturated carbocycles. The Kier molecular flexibility index (Phi) is 5.75. The van der Waals surface area contributed by atoms with Crippen molar-refractivity contribution in [2.45, 2.75) is 19.8 Å². The number of halogens is 1. The van der Waals surface area contributed by atoms with E-state index in [1.165, 1.54) is 18.4 Å². The van der Waals surface area contributed by atoms with E-state index in [2.05, 4.69) is 5.32 Å². The molecule has 0 heterocycles. The predicted octanol–water partition coefficient (Wildman–Crippen LogP) is 1.70. The minimum absolute atomic E-state index is 0.211. The van der Waals surface area contributed by atoms with E-state index in [4.69, 9.17) is 0 Å². The zero-order chi connectivity index (χ0) is 13.6. The molecule has 0 aliphatic heterocycles. The average molecular weight is 273 g/mol. The lowest BCUT2D eigenvalue weighted by Crippen LogP contribution is -2.21. The monoisotopic (exact) mass is 273 g/mol. The smallest absolute Gasteiger partial charge is 0.147 e. The van der Waals surface area contributed by atoms with E-state index < -0.39 is 9.84 Å². The largest absolute Gasteiger partial charge is 0.316 e. The summed E-state index contributed by atoms with van der Waals surface area (Å²) >= 11 is 0. The number of rotatable bonds is 7. The molecule has 0 unspecified atom stereocenters. The van der Waals surface area contributed by atoms with Gasteiger partial charge in [-0.2, -0.15) is 0 Å². The summed E-state index contributed by atoms with van der Waals surface area (Å²) in [5.41, 5.74) is 2.07. The molecule has 0 aliphatic rings. The van der Waals surface area contributed by atoms with Crippen molar-refractivity contribution in [1.82, 2.24) is 5.32 Å². The van der Waals surface area contributed by atoms with Crippen LogP contribution in [0.25, 0.3) is 0 Å². The first kappa shape index (κ1) is 15.1. The highest BCUT2D eigenvalue weighted by Gasteiger charge is 2.02. The molecule has 0 fully saturated rings. The molecule has 0 spiro atoms. The Morgan fingerprint density at radius 2 is 2.00 bits per heavy atom. The number of benzene rings is 1. The molecule has 1 aromatic rings. The second-order valence-electron chi connectivity index (χ2n) is 4.55. The highest BCUT2D eigenvalue weighted by Crippen LogP contribution is 2.10. The summed E-state index contributed by atoms with van der Waals surface area (Å²) in [7, 11) is -2.86. The van der Waals surface area contributed by atoms with Gasteiger partial charge in [0.05, 0.1) is 5.75 Å². The lowest BCUT2D eigenvalue weighted by Gasteiger charge is -2.07. The van der Waals surface area contributed by atoms with Gasteiger partial charge < -0.3 is 5.32 Å². The molecule has 102 valence electrons. The van der Waals surface area contributed by atoms with E-state index in [9.17, 15) is 12.8 Å². The second-order valence-corrected chi connectivity index (χ2v) is 6.81. The molecule has 18 heavy (non-hydrogen) atoms. The maximum absolute atomic E-state index is 12.9. The molecule has 0 radical (unpaired) electrons. The van der Waals surface area contributed by atoms with Gasteiger partial charge in [-0.15, -0.1) is 0 Å². The molecule has 3 nitrogen and oxygen atoms in total. The van der Waals surface area contributed by atoms with Gasteiger partial charge in [0.1, 0.15) is 15.7 Å².